The summed E-state index contributed by atoms with van der Waals surface area (Å²) in [6, 6.07) is 13.4. The van der Waals surface area contributed by atoms with E-state index in [-0.39, 0.29) is 16.8 Å². The second kappa shape index (κ2) is 8.13. The molecular weight excluding hydrogens is 360 g/mol. The van der Waals surface area contributed by atoms with Gasteiger partial charge in [0.2, 0.25) is 0 Å². The molecule has 0 radical (unpaired) electrons. The van der Waals surface area contributed by atoms with Gasteiger partial charge in [0.25, 0.3) is 15.9 Å². The lowest BCUT2D eigenvalue weighted by molar-refractivity contribution is 0.0923. The quantitative estimate of drug-likeness (QED) is 0.812. The van der Waals surface area contributed by atoms with Gasteiger partial charge in [-0.15, -0.1) is 0 Å². The van der Waals surface area contributed by atoms with E-state index in [0.29, 0.717) is 17.2 Å². The topological polar surface area (TPSA) is 75.3 Å². The van der Waals surface area contributed by atoms with Gasteiger partial charge >= 0.3 is 0 Å². The number of aryl methyl sites for hydroxylation is 1. The highest BCUT2D eigenvalue weighted by Crippen LogP contribution is 2.24. The Morgan fingerprint density at radius 3 is 2.33 bits per heavy atom. The maximum Gasteiger partial charge on any atom is 0.261 e. The zero-order chi connectivity index (χ0) is 19.4. The van der Waals surface area contributed by atoms with E-state index < -0.39 is 10.0 Å². The van der Waals surface area contributed by atoms with Gasteiger partial charge in [0.1, 0.15) is 0 Å². The summed E-state index contributed by atoms with van der Waals surface area (Å²) in [5.41, 5.74) is 1.90. The third-order valence-corrected chi connectivity index (χ3v) is 6.44. The maximum absolute atomic E-state index is 12.6. The first-order valence-electron chi connectivity index (χ1n) is 9.34. The molecule has 0 unspecified atom stereocenters. The van der Waals surface area contributed by atoms with E-state index in [0.717, 1.165) is 31.2 Å². The van der Waals surface area contributed by atoms with Crippen LogP contribution in [0.1, 0.15) is 48.5 Å². The first-order chi connectivity index (χ1) is 12.8. The van der Waals surface area contributed by atoms with Crippen molar-refractivity contribution < 1.29 is 13.2 Å². The van der Waals surface area contributed by atoms with Gasteiger partial charge in [0, 0.05) is 17.3 Å². The number of hydrogen-bond acceptors (Lipinski definition) is 3. The van der Waals surface area contributed by atoms with Gasteiger partial charge in [-0.3, -0.25) is 9.52 Å². The summed E-state index contributed by atoms with van der Waals surface area (Å²) >= 11 is 0. The molecule has 144 valence electrons. The molecule has 0 heterocycles. The number of carbonyl (C=O) groups is 1. The Kier molecular flexibility index (Phi) is 5.85. The molecule has 0 atom stereocenters. The van der Waals surface area contributed by atoms with Crippen molar-refractivity contribution in [3.63, 3.8) is 0 Å². The van der Waals surface area contributed by atoms with Crippen LogP contribution in [0.25, 0.3) is 0 Å². The van der Waals surface area contributed by atoms with Crippen LogP contribution in [0.4, 0.5) is 5.69 Å². The van der Waals surface area contributed by atoms with Crippen molar-refractivity contribution in [1.82, 2.24) is 5.32 Å². The molecule has 27 heavy (non-hydrogen) atoms. The van der Waals surface area contributed by atoms with Gasteiger partial charge in [-0.2, -0.15) is 0 Å². The van der Waals surface area contributed by atoms with Crippen LogP contribution in [0.3, 0.4) is 0 Å². The minimum Gasteiger partial charge on any atom is -0.349 e. The standard InChI is InChI=1S/C21H26N2O3S/c1-15-6-10-18(11-7-15)22-21(24)17-4-3-5-20(14-17)27(25,26)23-19-12-8-16(2)9-13-19/h3-5,8-9,12-15,18,23H,6-7,10-11H2,1-2H3,(H,22,24). The molecule has 1 saturated carbocycles. The zero-order valence-electron chi connectivity index (χ0n) is 15.7. The van der Waals surface area contributed by atoms with Gasteiger partial charge in [-0.05, 0) is 68.9 Å². The van der Waals surface area contributed by atoms with Crippen molar-refractivity contribution in [2.75, 3.05) is 4.72 Å². The van der Waals surface area contributed by atoms with Gasteiger partial charge in [-0.25, -0.2) is 8.42 Å². The average molecular weight is 387 g/mol. The molecule has 2 aromatic carbocycles. The number of carbonyl (C=O) groups excluding carboxylic acids is 1. The Balaban J connectivity index is 1.72. The molecule has 0 aromatic heterocycles. The smallest absolute Gasteiger partial charge is 0.261 e. The Hall–Kier alpha value is -2.34. The lowest BCUT2D eigenvalue weighted by atomic mass is 9.87. The van der Waals surface area contributed by atoms with Crippen LogP contribution >= 0.6 is 0 Å². The third kappa shape index (κ3) is 5.10. The minimum atomic E-state index is -3.75. The molecule has 1 aliphatic carbocycles. The number of anilines is 1. The van der Waals surface area contributed by atoms with Gasteiger partial charge in [0.05, 0.1) is 4.90 Å². The number of amides is 1. The first-order valence-corrected chi connectivity index (χ1v) is 10.8. The molecule has 3 rings (SSSR count). The average Bonchev–Trinajstić information content (AvgIpc) is 2.65. The summed E-state index contributed by atoms with van der Waals surface area (Å²) in [6.07, 6.45) is 4.17. The van der Waals surface area contributed by atoms with Gasteiger partial charge in [-0.1, -0.05) is 30.7 Å². The van der Waals surface area contributed by atoms with Crippen LogP contribution in [0.2, 0.25) is 0 Å². The second-order valence-corrected chi connectivity index (χ2v) is 9.11. The highest BCUT2D eigenvalue weighted by Gasteiger charge is 2.21. The molecule has 5 nitrogen and oxygen atoms in total. The normalized spacial score (nSPS) is 20.1. The molecule has 0 aliphatic heterocycles. The van der Waals surface area contributed by atoms with E-state index in [4.69, 9.17) is 0 Å². The van der Waals surface area contributed by atoms with Crippen molar-refractivity contribution in [2.45, 2.75) is 50.5 Å². The van der Waals surface area contributed by atoms with E-state index in [9.17, 15) is 13.2 Å². The van der Waals surface area contributed by atoms with E-state index in [2.05, 4.69) is 17.0 Å². The predicted octanol–water partition coefficient (Wildman–Crippen LogP) is 4.10. The van der Waals surface area contributed by atoms with Gasteiger partial charge in [0.15, 0.2) is 0 Å². The van der Waals surface area contributed by atoms with Crippen LogP contribution in [-0.2, 0) is 10.0 Å². The largest absolute Gasteiger partial charge is 0.349 e. The van der Waals surface area contributed by atoms with Crippen molar-refractivity contribution in [1.29, 1.82) is 0 Å². The fourth-order valence-electron chi connectivity index (χ4n) is 3.31. The number of rotatable bonds is 5. The lowest BCUT2D eigenvalue weighted by Gasteiger charge is -2.26. The van der Waals surface area contributed by atoms with E-state index in [1.54, 1.807) is 24.3 Å². The summed E-state index contributed by atoms with van der Waals surface area (Å²) in [5.74, 6) is 0.487. The maximum atomic E-state index is 12.6. The number of nitrogens with one attached hydrogen (secondary N) is 2. The highest BCUT2D eigenvalue weighted by atomic mass is 32.2. The van der Waals surface area contributed by atoms with Crippen molar-refractivity contribution in [3.8, 4) is 0 Å². The SMILES string of the molecule is Cc1ccc(NS(=O)(=O)c2cccc(C(=O)NC3CCC(C)CC3)c2)cc1. The Labute approximate surface area is 161 Å². The van der Waals surface area contributed by atoms with Gasteiger partial charge < -0.3 is 5.32 Å². The molecular formula is C21H26N2O3S. The summed E-state index contributed by atoms with van der Waals surface area (Å²) in [7, 11) is -3.75. The van der Waals surface area contributed by atoms with Crippen LogP contribution < -0.4 is 10.0 Å². The molecule has 2 aromatic rings. The van der Waals surface area contributed by atoms with Crippen LogP contribution in [0.5, 0.6) is 0 Å². The third-order valence-electron chi connectivity index (χ3n) is 5.06. The molecule has 0 bridgehead atoms. The predicted molar refractivity (Wildman–Crippen MR) is 107 cm³/mol. The summed E-state index contributed by atoms with van der Waals surface area (Å²) < 4.78 is 27.8. The molecule has 0 saturated heterocycles. The fourth-order valence-corrected chi connectivity index (χ4v) is 4.42. The van der Waals surface area contributed by atoms with Crippen LogP contribution in [0, 0.1) is 12.8 Å². The van der Waals surface area contributed by atoms with E-state index in [1.807, 2.05) is 19.1 Å². The number of benzene rings is 2. The second-order valence-electron chi connectivity index (χ2n) is 7.43. The molecule has 1 amide bonds. The molecule has 6 heteroatoms. The van der Waals surface area contributed by atoms with Crippen molar-refractivity contribution in [3.05, 3.63) is 59.7 Å². The minimum absolute atomic E-state index is 0.0768. The van der Waals surface area contributed by atoms with Crippen LogP contribution in [-0.4, -0.2) is 20.4 Å². The van der Waals surface area contributed by atoms with Crippen molar-refractivity contribution in [2.24, 2.45) is 5.92 Å². The number of hydrogen-bond donors (Lipinski definition) is 2. The first kappa shape index (κ1) is 19.4. The number of sulfonamides is 1. The molecule has 1 fully saturated rings. The summed E-state index contributed by atoms with van der Waals surface area (Å²) in [5, 5.41) is 3.04. The zero-order valence-corrected chi connectivity index (χ0v) is 16.6. The Bertz CT molecular complexity index is 899. The Morgan fingerprint density at radius 1 is 1.00 bits per heavy atom. The molecule has 0 spiro atoms. The molecule has 2 N–H and O–H groups in total. The van der Waals surface area contributed by atoms with Crippen molar-refractivity contribution >= 4 is 21.6 Å². The van der Waals surface area contributed by atoms with E-state index in [1.165, 1.54) is 12.1 Å². The summed E-state index contributed by atoms with van der Waals surface area (Å²) in [6.45, 7) is 4.17. The van der Waals surface area contributed by atoms with Crippen LogP contribution in [0.15, 0.2) is 53.4 Å². The summed E-state index contributed by atoms with van der Waals surface area (Å²) in [4.78, 5) is 12.6. The van der Waals surface area contributed by atoms with E-state index >= 15 is 0 Å². The Morgan fingerprint density at radius 2 is 1.67 bits per heavy atom. The monoisotopic (exact) mass is 386 g/mol. The fraction of sp³-hybridized carbons (Fsp3) is 0.381. The molecule has 1 aliphatic rings. The lowest BCUT2D eigenvalue weighted by Crippen LogP contribution is -2.37. The highest BCUT2D eigenvalue weighted by molar-refractivity contribution is 7.92.